The van der Waals surface area contributed by atoms with Crippen molar-refractivity contribution in [2.45, 2.75) is 13.8 Å². The van der Waals surface area contributed by atoms with Crippen LogP contribution in [0.1, 0.15) is 11.1 Å². The molecule has 0 fully saturated rings. The second kappa shape index (κ2) is 3.73. The highest BCUT2D eigenvalue weighted by Gasteiger charge is 2.05. The highest BCUT2D eigenvalue weighted by Crippen LogP contribution is 2.26. The first-order valence-electron chi connectivity index (χ1n) is 4.96. The van der Waals surface area contributed by atoms with Crippen molar-refractivity contribution in [1.29, 1.82) is 0 Å². The molecule has 0 spiro atoms. The number of hydrogen-bond acceptors (Lipinski definition) is 2. The molecule has 0 amide bonds. The van der Waals surface area contributed by atoms with Crippen molar-refractivity contribution >= 4 is 5.69 Å². The number of hydrogen-bond donors (Lipinski definition) is 1. The van der Waals surface area contributed by atoms with Gasteiger partial charge in [0.25, 0.3) is 0 Å². The molecule has 1 aromatic carbocycles. The Balaban J connectivity index is 2.63. The average molecular weight is 198 g/mol. The number of aryl methyl sites for hydroxylation is 1. The van der Waals surface area contributed by atoms with Crippen LogP contribution >= 0.6 is 0 Å². The van der Waals surface area contributed by atoms with E-state index < -0.39 is 0 Å². The third-order valence-electron chi connectivity index (χ3n) is 2.63. The van der Waals surface area contributed by atoms with E-state index in [4.69, 9.17) is 5.73 Å². The molecule has 2 aromatic rings. The van der Waals surface area contributed by atoms with Crippen LogP contribution in [-0.4, -0.2) is 4.98 Å². The standard InChI is InChI=1S/C13H14N2/c1-9-7-11(14)8-12(10(9)2)13-5-3-4-6-15-13/h3-8H,14H2,1-2H3. The smallest absolute Gasteiger partial charge is 0.0705 e. The fourth-order valence-corrected chi connectivity index (χ4v) is 1.68. The van der Waals surface area contributed by atoms with Crippen molar-refractivity contribution in [2.24, 2.45) is 0 Å². The largest absolute Gasteiger partial charge is 0.399 e. The summed E-state index contributed by atoms with van der Waals surface area (Å²) in [6, 6.07) is 9.87. The van der Waals surface area contributed by atoms with Crippen LogP contribution in [0.3, 0.4) is 0 Å². The zero-order chi connectivity index (χ0) is 10.8. The molecule has 76 valence electrons. The van der Waals surface area contributed by atoms with Crippen molar-refractivity contribution < 1.29 is 0 Å². The number of benzene rings is 1. The number of rotatable bonds is 1. The van der Waals surface area contributed by atoms with Gasteiger partial charge in [0.2, 0.25) is 0 Å². The summed E-state index contributed by atoms with van der Waals surface area (Å²) in [5, 5.41) is 0. The SMILES string of the molecule is Cc1cc(N)cc(-c2ccccn2)c1C. The minimum absolute atomic E-state index is 0.791. The summed E-state index contributed by atoms with van der Waals surface area (Å²) < 4.78 is 0. The van der Waals surface area contributed by atoms with E-state index in [1.54, 1.807) is 6.20 Å². The Hall–Kier alpha value is -1.83. The summed E-state index contributed by atoms with van der Waals surface area (Å²) in [5.41, 5.74) is 11.2. The Kier molecular flexibility index (Phi) is 2.42. The predicted octanol–water partition coefficient (Wildman–Crippen LogP) is 2.95. The van der Waals surface area contributed by atoms with Crippen molar-refractivity contribution in [3.8, 4) is 11.3 Å². The van der Waals surface area contributed by atoms with Gasteiger partial charge < -0.3 is 5.73 Å². The van der Waals surface area contributed by atoms with Crippen molar-refractivity contribution in [3.05, 3.63) is 47.7 Å². The molecule has 2 N–H and O–H groups in total. The van der Waals surface area contributed by atoms with Gasteiger partial charge in [-0.3, -0.25) is 4.98 Å². The number of nitrogen functional groups attached to an aromatic ring is 1. The van der Waals surface area contributed by atoms with E-state index in [2.05, 4.69) is 18.8 Å². The van der Waals surface area contributed by atoms with Crippen molar-refractivity contribution in [3.63, 3.8) is 0 Å². The number of nitrogens with two attached hydrogens (primary N) is 1. The molecular weight excluding hydrogens is 184 g/mol. The van der Waals surface area contributed by atoms with Gasteiger partial charge in [0.05, 0.1) is 5.69 Å². The van der Waals surface area contributed by atoms with E-state index in [-0.39, 0.29) is 0 Å². The van der Waals surface area contributed by atoms with Crippen LogP contribution in [0.4, 0.5) is 5.69 Å². The van der Waals surface area contributed by atoms with E-state index in [1.165, 1.54) is 11.1 Å². The van der Waals surface area contributed by atoms with Gasteiger partial charge in [-0.15, -0.1) is 0 Å². The number of anilines is 1. The second-order valence-electron chi connectivity index (χ2n) is 3.73. The lowest BCUT2D eigenvalue weighted by Gasteiger charge is -2.09. The van der Waals surface area contributed by atoms with Crippen molar-refractivity contribution in [1.82, 2.24) is 4.98 Å². The quantitative estimate of drug-likeness (QED) is 0.715. The molecule has 1 aromatic heterocycles. The van der Waals surface area contributed by atoms with Gasteiger partial charge in [0.15, 0.2) is 0 Å². The van der Waals surface area contributed by atoms with E-state index in [0.29, 0.717) is 0 Å². The number of aromatic nitrogens is 1. The third-order valence-corrected chi connectivity index (χ3v) is 2.63. The molecule has 2 nitrogen and oxygen atoms in total. The average Bonchev–Trinajstić information content (AvgIpc) is 2.24. The van der Waals surface area contributed by atoms with Gasteiger partial charge in [-0.1, -0.05) is 6.07 Å². The summed E-state index contributed by atoms with van der Waals surface area (Å²) in [6.07, 6.45) is 1.80. The molecule has 0 radical (unpaired) electrons. The van der Waals surface area contributed by atoms with Gasteiger partial charge in [-0.25, -0.2) is 0 Å². The Morgan fingerprint density at radius 2 is 1.93 bits per heavy atom. The molecule has 0 aliphatic rings. The summed E-state index contributed by atoms with van der Waals surface area (Å²) in [5.74, 6) is 0. The first kappa shape index (κ1) is 9.71. The van der Waals surface area contributed by atoms with Gasteiger partial charge in [-0.05, 0) is 49.2 Å². The minimum atomic E-state index is 0.791. The molecule has 0 bridgehead atoms. The first-order valence-corrected chi connectivity index (χ1v) is 4.96. The maximum Gasteiger partial charge on any atom is 0.0705 e. The van der Waals surface area contributed by atoms with E-state index in [9.17, 15) is 0 Å². The molecule has 0 unspecified atom stereocenters. The topological polar surface area (TPSA) is 38.9 Å². The lowest BCUT2D eigenvalue weighted by molar-refractivity contribution is 1.28. The molecule has 0 atom stereocenters. The predicted molar refractivity (Wildman–Crippen MR) is 63.6 cm³/mol. The van der Waals surface area contributed by atoms with E-state index in [0.717, 1.165) is 16.9 Å². The van der Waals surface area contributed by atoms with Crippen LogP contribution in [0.2, 0.25) is 0 Å². The summed E-state index contributed by atoms with van der Waals surface area (Å²) >= 11 is 0. The van der Waals surface area contributed by atoms with E-state index in [1.807, 2.05) is 30.3 Å². The van der Waals surface area contributed by atoms with Crippen LogP contribution in [0, 0.1) is 13.8 Å². The molecule has 2 heteroatoms. The molecule has 0 aliphatic heterocycles. The maximum absolute atomic E-state index is 5.84. The van der Waals surface area contributed by atoms with Crippen LogP contribution in [-0.2, 0) is 0 Å². The molecule has 2 rings (SSSR count). The molecule has 0 saturated heterocycles. The first-order chi connectivity index (χ1) is 7.18. The highest BCUT2D eigenvalue weighted by atomic mass is 14.7. The lowest BCUT2D eigenvalue weighted by atomic mass is 9.99. The normalized spacial score (nSPS) is 10.3. The highest BCUT2D eigenvalue weighted by molar-refractivity contribution is 5.69. The monoisotopic (exact) mass is 198 g/mol. The van der Waals surface area contributed by atoms with Crippen LogP contribution < -0.4 is 5.73 Å². The number of nitrogens with zero attached hydrogens (tertiary/aromatic N) is 1. The Labute approximate surface area is 89.8 Å². The Morgan fingerprint density at radius 1 is 1.13 bits per heavy atom. The maximum atomic E-state index is 5.84. The molecule has 0 aliphatic carbocycles. The molecular formula is C13H14N2. The van der Waals surface area contributed by atoms with Gasteiger partial charge >= 0.3 is 0 Å². The van der Waals surface area contributed by atoms with E-state index >= 15 is 0 Å². The minimum Gasteiger partial charge on any atom is -0.399 e. The number of pyridine rings is 1. The summed E-state index contributed by atoms with van der Waals surface area (Å²) in [4.78, 5) is 4.34. The molecule has 0 saturated carbocycles. The second-order valence-corrected chi connectivity index (χ2v) is 3.73. The van der Waals surface area contributed by atoms with Crippen LogP contribution in [0.15, 0.2) is 36.5 Å². The van der Waals surface area contributed by atoms with Crippen LogP contribution in [0.5, 0.6) is 0 Å². The Bertz CT molecular complexity index is 475. The summed E-state index contributed by atoms with van der Waals surface area (Å²) in [6.45, 7) is 4.16. The van der Waals surface area contributed by atoms with Gasteiger partial charge in [-0.2, -0.15) is 0 Å². The zero-order valence-electron chi connectivity index (χ0n) is 8.99. The fraction of sp³-hybridized carbons (Fsp3) is 0.154. The molecule has 15 heavy (non-hydrogen) atoms. The zero-order valence-corrected chi connectivity index (χ0v) is 8.99. The summed E-state index contributed by atoms with van der Waals surface area (Å²) in [7, 11) is 0. The molecule has 1 heterocycles. The third kappa shape index (κ3) is 1.84. The van der Waals surface area contributed by atoms with Crippen molar-refractivity contribution in [2.75, 3.05) is 5.73 Å². The lowest BCUT2D eigenvalue weighted by Crippen LogP contribution is -1.93. The fourth-order valence-electron chi connectivity index (χ4n) is 1.68. The van der Waals surface area contributed by atoms with Crippen LogP contribution in [0.25, 0.3) is 11.3 Å². The van der Waals surface area contributed by atoms with Gasteiger partial charge in [0, 0.05) is 17.4 Å². The van der Waals surface area contributed by atoms with Gasteiger partial charge in [0.1, 0.15) is 0 Å². The Morgan fingerprint density at radius 3 is 2.60 bits per heavy atom.